The molecule has 0 aromatic carbocycles. The first-order valence-corrected chi connectivity index (χ1v) is 21.8. The zero-order valence-electron chi connectivity index (χ0n) is 32.8. The molecule has 4 aliphatic carbocycles. The largest absolute Gasteiger partial charge is 0.347 e. The number of hydrogen-bond donors (Lipinski definition) is 4. The number of likely N-dealkylation sites (tertiary alicyclic amines) is 1. The number of carbonyl (C=O) groups is 5. The number of rotatable bonds is 16. The standard InChI is InChI=1S/C39H64FN5O7S/c1-7-8-15-27(30(46)33(48)41-25-16-17-25)42-32(47)29-28-26(37(28,4)5)22-45(29)34(49)31(38(6)18-11-9-12-19-38)43-35(50)44-39(20-13-10-14-21-39)24-53(51,52)36(2,3)23-40/h25-29,31H,7-24H2,1-6H3,(H,41,48)(H,42,47)(H2,43,44,50)/t26-,27-,28-,29-,31+/m0/s1. The van der Waals surface area contributed by atoms with E-state index in [0.717, 1.165) is 44.9 Å². The summed E-state index contributed by atoms with van der Waals surface area (Å²) < 4.78 is 39.2. The maximum absolute atomic E-state index is 14.9. The number of sulfone groups is 1. The lowest BCUT2D eigenvalue weighted by molar-refractivity contribution is -0.146. The van der Waals surface area contributed by atoms with Crippen molar-refractivity contribution in [2.45, 2.75) is 172 Å². The van der Waals surface area contributed by atoms with Gasteiger partial charge in [0.15, 0.2) is 9.84 Å². The molecule has 1 heterocycles. The summed E-state index contributed by atoms with van der Waals surface area (Å²) in [7, 11) is -3.95. The molecular formula is C39H64FN5O7S. The predicted octanol–water partition coefficient (Wildman–Crippen LogP) is 4.50. The van der Waals surface area contributed by atoms with Crippen molar-refractivity contribution in [1.29, 1.82) is 0 Å². The lowest BCUT2D eigenvalue weighted by Crippen LogP contribution is -2.65. The third kappa shape index (κ3) is 8.88. The van der Waals surface area contributed by atoms with Gasteiger partial charge in [0.1, 0.15) is 18.8 Å². The van der Waals surface area contributed by atoms with Gasteiger partial charge in [-0.3, -0.25) is 19.2 Å². The molecule has 12 nitrogen and oxygen atoms in total. The number of nitrogens with one attached hydrogen (secondary N) is 4. The highest BCUT2D eigenvalue weighted by molar-refractivity contribution is 7.92. The first-order valence-electron chi connectivity index (χ1n) is 20.1. The van der Waals surface area contributed by atoms with E-state index in [1.807, 2.05) is 13.8 Å². The Hall–Kier alpha value is -2.77. The minimum absolute atomic E-state index is 0.00731. The zero-order chi connectivity index (χ0) is 39.0. The van der Waals surface area contributed by atoms with Crippen LogP contribution in [-0.4, -0.2) is 96.3 Å². The SMILES string of the molecule is CCCC[C@H](NC(=O)[C@@H]1[C@@H]2[C@H](CN1C(=O)[C@@H](NC(=O)NC1(CS(=O)(=O)C(C)(C)CF)CCCCC1)C1(C)CCCCC1)C2(C)C)C(=O)C(=O)NC1CC1. The molecule has 5 rings (SSSR count). The van der Waals surface area contributed by atoms with Gasteiger partial charge in [-0.1, -0.05) is 79.1 Å². The van der Waals surface area contributed by atoms with Crippen molar-refractivity contribution < 1.29 is 36.8 Å². The molecule has 0 spiro atoms. The van der Waals surface area contributed by atoms with Gasteiger partial charge in [-0.25, -0.2) is 17.6 Å². The summed E-state index contributed by atoms with van der Waals surface area (Å²) >= 11 is 0. The lowest BCUT2D eigenvalue weighted by Gasteiger charge is -2.44. The van der Waals surface area contributed by atoms with E-state index in [4.69, 9.17) is 0 Å². The maximum Gasteiger partial charge on any atom is 0.315 e. The average molecular weight is 766 g/mol. The van der Waals surface area contributed by atoms with Crippen molar-refractivity contribution in [3.63, 3.8) is 0 Å². The van der Waals surface area contributed by atoms with E-state index >= 15 is 0 Å². The van der Waals surface area contributed by atoms with E-state index in [0.29, 0.717) is 57.9 Å². The van der Waals surface area contributed by atoms with Crippen molar-refractivity contribution in [1.82, 2.24) is 26.2 Å². The number of hydrogen-bond acceptors (Lipinski definition) is 7. The molecular weight excluding hydrogens is 702 g/mol. The molecule has 5 amide bonds. The molecule has 0 bridgehead atoms. The first kappa shape index (κ1) is 41.4. The van der Waals surface area contributed by atoms with Gasteiger partial charge >= 0.3 is 6.03 Å². The highest BCUT2D eigenvalue weighted by Crippen LogP contribution is 2.65. The number of nitrogens with zero attached hydrogens (tertiary/aromatic N) is 1. The maximum atomic E-state index is 14.9. The Bertz CT molecular complexity index is 1520. The van der Waals surface area contributed by atoms with Gasteiger partial charge in [0, 0.05) is 12.6 Å². The van der Waals surface area contributed by atoms with Crippen LogP contribution >= 0.6 is 0 Å². The van der Waals surface area contributed by atoms with Crippen LogP contribution in [0, 0.1) is 22.7 Å². The van der Waals surface area contributed by atoms with Crippen molar-refractivity contribution in [2.24, 2.45) is 22.7 Å². The second-order valence-corrected chi connectivity index (χ2v) is 21.1. The molecule has 0 unspecified atom stereocenters. The predicted molar refractivity (Wildman–Crippen MR) is 200 cm³/mol. The van der Waals surface area contributed by atoms with Crippen LogP contribution in [-0.2, 0) is 29.0 Å². The number of unbranched alkanes of at least 4 members (excludes halogenated alkanes) is 1. The number of alkyl halides is 1. The minimum atomic E-state index is -3.95. The Kier molecular flexibility index (Phi) is 12.3. The molecule has 4 N–H and O–H groups in total. The fourth-order valence-electron chi connectivity index (χ4n) is 9.32. The molecule has 1 saturated heterocycles. The van der Waals surface area contributed by atoms with Crippen molar-refractivity contribution in [3.05, 3.63) is 0 Å². The van der Waals surface area contributed by atoms with Gasteiger partial charge in [0.2, 0.25) is 17.6 Å². The van der Waals surface area contributed by atoms with Gasteiger partial charge in [0.25, 0.3) is 5.91 Å². The molecule has 53 heavy (non-hydrogen) atoms. The highest BCUT2D eigenvalue weighted by Gasteiger charge is 2.70. The molecule has 1 aliphatic heterocycles. The van der Waals surface area contributed by atoms with Crippen LogP contribution < -0.4 is 21.3 Å². The van der Waals surface area contributed by atoms with E-state index in [1.54, 1.807) is 4.90 Å². The number of urea groups is 1. The number of fused-ring (bicyclic) bond motifs is 1. The van der Waals surface area contributed by atoms with E-state index in [1.165, 1.54) is 13.8 Å². The summed E-state index contributed by atoms with van der Waals surface area (Å²) in [6, 6.07) is -3.56. The zero-order valence-corrected chi connectivity index (χ0v) is 33.6. The topological polar surface area (TPSA) is 171 Å². The van der Waals surface area contributed by atoms with Crippen molar-refractivity contribution >= 4 is 39.4 Å². The Balaban J connectivity index is 1.39. The van der Waals surface area contributed by atoms with Crippen LogP contribution in [0.4, 0.5) is 9.18 Å². The fourth-order valence-corrected chi connectivity index (χ4v) is 11.0. The van der Waals surface area contributed by atoms with Crippen LogP contribution in [0.5, 0.6) is 0 Å². The second-order valence-electron chi connectivity index (χ2n) is 18.4. The van der Waals surface area contributed by atoms with E-state index in [2.05, 4.69) is 35.1 Å². The first-order chi connectivity index (χ1) is 24.8. The van der Waals surface area contributed by atoms with Gasteiger partial charge in [-0.2, -0.15) is 0 Å². The normalized spacial score (nSPS) is 27.1. The molecule has 0 aromatic rings. The average Bonchev–Trinajstić information content (AvgIpc) is 3.95. The van der Waals surface area contributed by atoms with Gasteiger partial charge in [0.05, 0.1) is 22.1 Å². The molecule has 5 atom stereocenters. The number of Topliss-reactive ketones (excluding diaryl/α,β-unsaturated/α-hetero) is 1. The summed E-state index contributed by atoms with van der Waals surface area (Å²) in [5.41, 5.74) is -1.95. The summed E-state index contributed by atoms with van der Waals surface area (Å²) in [6.07, 6.45) is 10.6. The summed E-state index contributed by atoms with van der Waals surface area (Å²) in [5, 5.41) is 11.6. The lowest BCUT2D eigenvalue weighted by atomic mass is 9.70. The number of ketones is 1. The van der Waals surface area contributed by atoms with Gasteiger partial charge < -0.3 is 26.2 Å². The van der Waals surface area contributed by atoms with E-state index < -0.39 is 79.7 Å². The number of piperidine rings is 1. The monoisotopic (exact) mass is 765 g/mol. The van der Waals surface area contributed by atoms with E-state index in [-0.39, 0.29) is 29.2 Å². The van der Waals surface area contributed by atoms with Crippen LogP contribution in [0.1, 0.15) is 138 Å². The van der Waals surface area contributed by atoms with Gasteiger partial charge in [-0.15, -0.1) is 0 Å². The van der Waals surface area contributed by atoms with Crippen molar-refractivity contribution in [3.8, 4) is 0 Å². The molecule has 5 aliphatic rings. The quantitative estimate of drug-likeness (QED) is 0.168. The summed E-state index contributed by atoms with van der Waals surface area (Å²) in [5.74, 6) is -2.73. The molecule has 0 radical (unpaired) electrons. The Morgan fingerprint density at radius 3 is 2.08 bits per heavy atom. The molecule has 300 valence electrons. The van der Waals surface area contributed by atoms with Crippen LogP contribution in [0.25, 0.3) is 0 Å². The molecule has 4 saturated carbocycles. The smallest absolute Gasteiger partial charge is 0.315 e. The Morgan fingerprint density at radius 1 is 0.906 bits per heavy atom. The highest BCUT2D eigenvalue weighted by atomic mass is 32.2. The Morgan fingerprint density at radius 2 is 1.51 bits per heavy atom. The summed E-state index contributed by atoms with van der Waals surface area (Å²) in [6.45, 7) is 10.1. The number of carbonyl (C=O) groups excluding carboxylic acids is 5. The van der Waals surface area contributed by atoms with E-state index in [9.17, 15) is 36.8 Å². The number of halogens is 1. The van der Waals surface area contributed by atoms with Crippen LogP contribution in [0.3, 0.4) is 0 Å². The Labute approximate surface area is 315 Å². The fraction of sp³-hybridized carbons (Fsp3) is 0.872. The third-order valence-corrected chi connectivity index (χ3v) is 16.1. The van der Waals surface area contributed by atoms with Gasteiger partial charge in [-0.05, 0) is 81.5 Å². The number of amides is 5. The van der Waals surface area contributed by atoms with Crippen LogP contribution in [0.2, 0.25) is 0 Å². The molecule has 5 fully saturated rings. The molecule has 0 aromatic heterocycles. The second kappa shape index (κ2) is 15.8. The minimum Gasteiger partial charge on any atom is -0.347 e. The van der Waals surface area contributed by atoms with Crippen molar-refractivity contribution in [2.75, 3.05) is 19.0 Å². The van der Waals surface area contributed by atoms with Crippen LogP contribution in [0.15, 0.2) is 0 Å². The summed E-state index contributed by atoms with van der Waals surface area (Å²) in [4.78, 5) is 71.0. The molecule has 14 heteroatoms. The third-order valence-electron chi connectivity index (χ3n) is 13.4.